The van der Waals surface area contributed by atoms with Crippen LogP contribution in [0.25, 0.3) is 0 Å². The van der Waals surface area contributed by atoms with E-state index in [-0.39, 0.29) is 18.6 Å². The minimum Gasteiger partial charge on any atom is -0.399 e. The number of carbonyl (C=O) groups is 1. The molecule has 5 nitrogen and oxygen atoms in total. The lowest BCUT2D eigenvalue weighted by molar-refractivity contribution is -0.117. The molecule has 0 radical (unpaired) electrons. The molecule has 0 aliphatic rings. The number of rotatable bonds is 7. The van der Waals surface area contributed by atoms with Crippen molar-refractivity contribution in [2.24, 2.45) is 0 Å². The van der Waals surface area contributed by atoms with Gasteiger partial charge in [-0.3, -0.25) is 9.69 Å². The van der Waals surface area contributed by atoms with E-state index in [0.717, 1.165) is 0 Å². The molecule has 0 aliphatic heterocycles. The van der Waals surface area contributed by atoms with Crippen LogP contribution in [0.4, 0.5) is 11.4 Å². The van der Waals surface area contributed by atoms with Crippen molar-refractivity contribution in [2.75, 3.05) is 37.8 Å². The zero-order chi connectivity index (χ0) is 16.0. The Balaban J connectivity index is 2.50. The van der Waals surface area contributed by atoms with E-state index in [4.69, 9.17) is 33.7 Å². The lowest BCUT2D eigenvalue weighted by Crippen LogP contribution is -2.33. The van der Waals surface area contributed by atoms with Gasteiger partial charge in [0.15, 0.2) is 0 Å². The van der Waals surface area contributed by atoms with Crippen molar-refractivity contribution in [3.05, 3.63) is 22.2 Å². The second kappa shape index (κ2) is 8.44. The average Bonchev–Trinajstić information content (AvgIpc) is 2.33. The summed E-state index contributed by atoms with van der Waals surface area (Å²) in [6.07, 6.45) is 0.180. The third-order valence-electron chi connectivity index (χ3n) is 2.67. The SMILES string of the molecule is CC(C)OCCN(C)CC(=O)Nc1c(Cl)cc(N)cc1Cl. The first-order valence-electron chi connectivity index (χ1n) is 6.64. The van der Waals surface area contributed by atoms with E-state index >= 15 is 0 Å². The highest BCUT2D eigenvalue weighted by Gasteiger charge is 2.12. The number of ether oxygens (including phenoxy) is 1. The van der Waals surface area contributed by atoms with Gasteiger partial charge >= 0.3 is 0 Å². The maximum atomic E-state index is 12.0. The van der Waals surface area contributed by atoms with Gasteiger partial charge in [-0.05, 0) is 33.0 Å². The summed E-state index contributed by atoms with van der Waals surface area (Å²) in [6, 6.07) is 3.09. The Morgan fingerprint density at radius 1 is 1.38 bits per heavy atom. The number of likely N-dealkylation sites (N-methyl/N-ethyl adjacent to an activating group) is 1. The van der Waals surface area contributed by atoms with Crippen molar-refractivity contribution in [3.8, 4) is 0 Å². The molecule has 7 heteroatoms. The number of hydrogen-bond acceptors (Lipinski definition) is 4. The second-order valence-electron chi connectivity index (χ2n) is 5.07. The van der Waals surface area contributed by atoms with Crippen molar-refractivity contribution >= 4 is 40.5 Å². The Bertz CT molecular complexity index is 472. The number of nitrogens with zero attached hydrogens (tertiary/aromatic N) is 1. The number of anilines is 2. The molecule has 0 heterocycles. The van der Waals surface area contributed by atoms with Crippen molar-refractivity contribution < 1.29 is 9.53 Å². The Morgan fingerprint density at radius 3 is 2.48 bits per heavy atom. The fourth-order valence-electron chi connectivity index (χ4n) is 1.66. The molecular weight excluding hydrogens is 313 g/mol. The molecule has 21 heavy (non-hydrogen) atoms. The minimum atomic E-state index is -0.199. The number of halogens is 2. The molecule has 0 saturated heterocycles. The number of nitrogens with two attached hydrogens (primary N) is 1. The van der Waals surface area contributed by atoms with Crippen LogP contribution in [0.3, 0.4) is 0 Å². The van der Waals surface area contributed by atoms with Crippen LogP contribution in [-0.4, -0.2) is 43.7 Å². The van der Waals surface area contributed by atoms with Gasteiger partial charge in [0.05, 0.1) is 35.0 Å². The largest absolute Gasteiger partial charge is 0.399 e. The topological polar surface area (TPSA) is 67.6 Å². The zero-order valence-electron chi connectivity index (χ0n) is 12.5. The fourth-order valence-corrected chi connectivity index (χ4v) is 2.26. The molecule has 0 atom stereocenters. The summed E-state index contributed by atoms with van der Waals surface area (Å²) in [7, 11) is 1.84. The molecule has 1 amide bonds. The van der Waals surface area contributed by atoms with E-state index in [0.29, 0.717) is 34.6 Å². The molecule has 1 aromatic carbocycles. The Kier molecular flexibility index (Phi) is 7.25. The molecule has 1 rings (SSSR count). The van der Waals surface area contributed by atoms with Crippen LogP contribution in [0.5, 0.6) is 0 Å². The van der Waals surface area contributed by atoms with Gasteiger partial charge in [-0.15, -0.1) is 0 Å². The van der Waals surface area contributed by atoms with Crippen LogP contribution in [-0.2, 0) is 9.53 Å². The number of carbonyl (C=O) groups excluding carboxylic acids is 1. The predicted molar refractivity (Wildman–Crippen MR) is 88.1 cm³/mol. The summed E-state index contributed by atoms with van der Waals surface area (Å²) >= 11 is 12.0. The summed E-state index contributed by atoms with van der Waals surface area (Å²) in [6.45, 7) is 5.40. The number of hydrogen-bond donors (Lipinski definition) is 2. The van der Waals surface area contributed by atoms with Crippen molar-refractivity contribution in [1.29, 1.82) is 0 Å². The summed E-state index contributed by atoms with van der Waals surface area (Å²) < 4.78 is 5.43. The standard InChI is InChI=1S/C14H21Cl2N3O2/c1-9(2)21-5-4-19(3)8-13(20)18-14-11(15)6-10(17)7-12(14)16/h6-7,9H,4-5,8,17H2,1-3H3,(H,18,20). The third kappa shape index (κ3) is 6.52. The van der Waals surface area contributed by atoms with Gasteiger partial charge in [-0.1, -0.05) is 23.2 Å². The van der Waals surface area contributed by atoms with Crippen LogP contribution in [0.1, 0.15) is 13.8 Å². The fraction of sp³-hybridized carbons (Fsp3) is 0.500. The van der Waals surface area contributed by atoms with Gasteiger partial charge in [0, 0.05) is 12.2 Å². The van der Waals surface area contributed by atoms with Crippen molar-refractivity contribution in [3.63, 3.8) is 0 Å². The lowest BCUT2D eigenvalue weighted by atomic mass is 10.2. The molecular formula is C14H21Cl2N3O2. The van der Waals surface area contributed by atoms with Gasteiger partial charge in [-0.25, -0.2) is 0 Å². The minimum absolute atomic E-state index is 0.180. The Hall–Kier alpha value is -1.01. The van der Waals surface area contributed by atoms with Gasteiger partial charge in [0.25, 0.3) is 0 Å². The third-order valence-corrected chi connectivity index (χ3v) is 3.26. The van der Waals surface area contributed by atoms with E-state index in [1.807, 2.05) is 25.8 Å². The van der Waals surface area contributed by atoms with Crippen LogP contribution in [0.2, 0.25) is 10.0 Å². The van der Waals surface area contributed by atoms with Crippen LogP contribution in [0.15, 0.2) is 12.1 Å². The van der Waals surface area contributed by atoms with E-state index in [1.165, 1.54) is 0 Å². The molecule has 0 aliphatic carbocycles. The number of nitrogens with one attached hydrogen (secondary N) is 1. The molecule has 0 spiro atoms. The normalized spacial score (nSPS) is 11.2. The highest BCUT2D eigenvalue weighted by Crippen LogP contribution is 2.32. The molecule has 0 fully saturated rings. The predicted octanol–water partition coefficient (Wildman–Crippen LogP) is 2.87. The molecule has 1 aromatic rings. The first kappa shape index (κ1) is 18.0. The summed E-state index contributed by atoms with van der Waals surface area (Å²) in [4.78, 5) is 13.8. The van der Waals surface area contributed by atoms with E-state index in [1.54, 1.807) is 12.1 Å². The summed E-state index contributed by atoms with van der Waals surface area (Å²) in [5, 5.41) is 3.33. The van der Waals surface area contributed by atoms with Gasteiger partial charge in [-0.2, -0.15) is 0 Å². The van der Waals surface area contributed by atoms with Gasteiger partial charge in [0.1, 0.15) is 0 Å². The van der Waals surface area contributed by atoms with Gasteiger partial charge in [0.2, 0.25) is 5.91 Å². The van der Waals surface area contributed by atoms with Crippen molar-refractivity contribution in [2.45, 2.75) is 20.0 Å². The first-order valence-corrected chi connectivity index (χ1v) is 7.39. The van der Waals surface area contributed by atoms with Crippen LogP contribution in [0, 0.1) is 0 Å². The maximum Gasteiger partial charge on any atom is 0.238 e. The summed E-state index contributed by atoms with van der Waals surface area (Å²) in [5.74, 6) is -0.199. The first-order chi connectivity index (χ1) is 9.79. The maximum absolute atomic E-state index is 12.0. The Morgan fingerprint density at radius 2 is 1.95 bits per heavy atom. The lowest BCUT2D eigenvalue weighted by Gasteiger charge is -2.18. The quantitative estimate of drug-likeness (QED) is 0.753. The summed E-state index contributed by atoms with van der Waals surface area (Å²) in [5.41, 5.74) is 6.44. The molecule has 0 saturated carbocycles. The molecule has 3 N–H and O–H groups in total. The van der Waals surface area contributed by atoms with Crippen LogP contribution < -0.4 is 11.1 Å². The molecule has 118 valence electrons. The molecule has 0 unspecified atom stereocenters. The highest BCUT2D eigenvalue weighted by molar-refractivity contribution is 6.40. The number of nitrogen functional groups attached to an aromatic ring is 1. The monoisotopic (exact) mass is 333 g/mol. The van der Waals surface area contributed by atoms with Crippen molar-refractivity contribution in [1.82, 2.24) is 4.90 Å². The molecule has 0 aromatic heterocycles. The second-order valence-corrected chi connectivity index (χ2v) is 5.88. The number of benzene rings is 1. The van der Waals surface area contributed by atoms with Crippen LogP contribution >= 0.6 is 23.2 Å². The number of amides is 1. The van der Waals surface area contributed by atoms with E-state index in [9.17, 15) is 4.79 Å². The Labute approximate surface area is 135 Å². The smallest absolute Gasteiger partial charge is 0.238 e. The zero-order valence-corrected chi connectivity index (χ0v) is 14.0. The molecule has 0 bridgehead atoms. The average molecular weight is 334 g/mol. The van der Waals surface area contributed by atoms with E-state index < -0.39 is 0 Å². The highest BCUT2D eigenvalue weighted by atomic mass is 35.5. The van der Waals surface area contributed by atoms with Gasteiger partial charge < -0.3 is 15.8 Å². The van der Waals surface area contributed by atoms with E-state index in [2.05, 4.69) is 5.32 Å².